The second kappa shape index (κ2) is 9.61. The molecular formula is C24H24ClFN2O4. The third-order valence-corrected chi connectivity index (χ3v) is 6.02. The van der Waals surface area contributed by atoms with Crippen LogP contribution in [0, 0.1) is 5.82 Å². The van der Waals surface area contributed by atoms with Crippen LogP contribution in [-0.2, 0) is 11.4 Å². The average molecular weight is 459 g/mol. The van der Waals surface area contributed by atoms with Gasteiger partial charge in [-0.15, -0.1) is 0 Å². The number of hydrogen-bond donors (Lipinski definition) is 1. The van der Waals surface area contributed by atoms with Gasteiger partial charge < -0.3 is 14.8 Å². The molecule has 1 aliphatic carbocycles. The van der Waals surface area contributed by atoms with Crippen molar-refractivity contribution in [3.8, 4) is 11.5 Å². The zero-order valence-electron chi connectivity index (χ0n) is 17.7. The largest absolute Gasteiger partial charge is 0.493 e. The molecular weight excluding hydrogens is 435 g/mol. The number of carbonyl (C=O) groups is 2. The Bertz CT molecular complexity index is 1070. The van der Waals surface area contributed by atoms with E-state index in [2.05, 4.69) is 5.32 Å². The van der Waals surface area contributed by atoms with Crippen LogP contribution in [-0.4, -0.2) is 30.0 Å². The van der Waals surface area contributed by atoms with Crippen molar-refractivity contribution in [3.05, 3.63) is 64.1 Å². The molecule has 32 heavy (non-hydrogen) atoms. The van der Waals surface area contributed by atoms with Gasteiger partial charge in [-0.25, -0.2) is 9.18 Å². The van der Waals surface area contributed by atoms with E-state index in [1.54, 1.807) is 36.4 Å². The van der Waals surface area contributed by atoms with E-state index >= 15 is 0 Å². The first-order chi connectivity index (χ1) is 15.5. The van der Waals surface area contributed by atoms with E-state index in [0.717, 1.165) is 32.1 Å². The number of halogens is 2. The van der Waals surface area contributed by atoms with E-state index in [-0.39, 0.29) is 40.8 Å². The maximum atomic E-state index is 13.9. The molecule has 2 fully saturated rings. The van der Waals surface area contributed by atoms with Gasteiger partial charge in [0.2, 0.25) is 0 Å². The van der Waals surface area contributed by atoms with Crippen molar-refractivity contribution in [2.75, 3.05) is 7.11 Å². The lowest BCUT2D eigenvalue weighted by Gasteiger charge is -2.28. The molecule has 0 radical (unpaired) electrons. The summed E-state index contributed by atoms with van der Waals surface area (Å²) >= 11 is 6.41. The van der Waals surface area contributed by atoms with E-state index in [1.807, 2.05) is 0 Å². The van der Waals surface area contributed by atoms with Crippen molar-refractivity contribution in [2.24, 2.45) is 0 Å². The van der Waals surface area contributed by atoms with Gasteiger partial charge in [-0.1, -0.05) is 49.1 Å². The molecule has 0 atom stereocenters. The first-order valence-corrected chi connectivity index (χ1v) is 11.0. The summed E-state index contributed by atoms with van der Waals surface area (Å²) in [4.78, 5) is 26.6. The van der Waals surface area contributed by atoms with E-state index in [9.17, 15) is 14.0 Å². The molecule has 3 amide bonds. The van der Waals surface area contributed by atoms with Gasteiger partial charge in [0.25, 0.3) is 5.91 Å². The van der Waals surface area contributed by atoms with Crippen molar-refractivity contribution in [2.45, 2.75) is 44.8 Å². The molecule has 1 saturated heterocycles. The van der Waals surface area contributed by atoms with Gasteiger partial charge in [-0.05, 0) is 42.7 Å². The average Bonchev–Trinajstić information content (AvgIpc) is 3.07. The minimum Gasteiger partial charge on any atom is -0.493 e. The summed E-state index contributed by atoms with van der Waals surface area (Å²) in [6.45, 7) is -0.0198. The van der Waals surface area contributed by atoms with E-state index in [1.165, 1.54) is 18.1 Å². The highest BCUT2D eigenvalue weighted by Gasteiger charge is 2.39. The standard InChI is InChI=1S/C24H24ClFN2O4/c1-31-21-13-15(11-18(25)22(21)32-14-16-7-5-6-10-19(16)26)12-20-23(29)28(24(30)27-20)17-8-3-2-4-9-17/h5-7,10-13,17H,2-4,8-9,14H2,1H3,(H,27,30)/b20-12-. The van der Waals surface area contributed by atoms with Gasteiger partial charge in [0.05, 0.1) is 12.1 Å². The first-order valence-electron chi connectivity index (χ1n) is 10.6. The minimum absolute atomic E-state index is 0.0198. The third-order valence-electron chi connectivity index (χ3n) is 5.74. The number of nitrogens with zero attached hydrogens (tertiary/aromatic N) is 1. The Kier molecular flexibility index (Phi) is 6.65. The molecule has 1 heterocycles. The smallest absolute Gasteiger partial charge is 0.329 e. The lowest BCUT2D eigenvalue weighted by Crippen LogP contribution is -2.41. The predicted molar refractivity (Wildman–Crippen MR) is 119 cm³/mol. The molecule has 2 aliphatic rings. The topological polar surface area (TPSA) is 67.9 Å². The lowest BCUT2D eigenvalue weighted by molar-refractivity contribution is -0.124. The van der Waals surface area contributed by atoms with Crippen LogP contribution in [0.4, 0.5) is 9.18 Å². The highest BCUT2D eigenvalue weighted by atomic mass is 35.5. The summed E-state index contributed by atoms with van der Waals surface area (Å²) in [5, 5.41) is 2.91. The van der Waals surface area contributed by atoms with Gasteiger partial charge in [0.15, 0.2) is 11.5 Å². The van der Waals surface area contributed by atoms with E-state index < -0.39 is 6.03 Å². The minimum atomic E-state index is -0.393. The number of methoxy groups -OCH3 is 1. The molecule has 8 heteroatoms. The zero-order chi connectivity index (χ0) is 22.7. The van der Waals surface area contributed by atoms with Crippen LogP contribution in [0.2, 0.25) is 5.02 Å². The SMILES string of the molecule is COc1cc(/C=C2\NC(=O)N(C3CCCCC3)C2=O)cc(Cl)c1OCc1ccccc1F. The van der Waals surface area contributed by atoms with Crippen LogP contribution < -0.4 is 14.8 Å². The number of ether oxygens (including phenoxy) is 2. The number of hydrogen-bond acceptors (Lipinski definition) is 4. The number of nitrogens with one attached hydrogen (secondary N) is 1. The molecule has 0 spiro atoms. The Hall–Kier alpha value is -3.06. The number of imide groups is 1. The second-order valence-electron chi connectivity index (χ2n) is 7.87. The van der Waals surface area contributed by atoms with Gasteiger partial charge in [-0.3, -0.25) is 9.69 Å². The van der Waals surface area contributed by atoms with Crippen LogP contribution in [0.15, 0.2) is 42.1 Å². The van der Waals surface area contributed by atoms with Crippen LogP contribution >= 0.6 is 11.6 Å². The summed E-state index contributed by atoms with van der Waals surface area (Å²) in [7, 11) is 1.46. The summed E-state index contributed by atoms with van der Waals surface area (Å²) < 4.78 is 25.0. The summed E-state index contributed by atoms with van der Waals surface area (Å²) in [5.74, 6) is -0.106. The van der Waals surface area contributed by atoms with Crippen LogP contribution in [0.3, 0.4) is 0 Å². The molecule has 6 nitrogen and oxygen atoms in total. The fourth-order valence-corrected chi connectivity index (χ4v) is 4.39. The molecule has 0 bridgehead atoms. The molecule has 0 aromatic heterocycles. The van der Waals surface area contributed by atoms with E-state index in [0.29, 0.717) is 16.9 Å². The molecule has 1 aliphatic heterocycles. The van der Waals surface area contributed by atoms with Gasteiger partial charge >= 0.3 is 6.03 Å². The second-order valence-corrected chi connectivity index (χ2v) is 8.28. The Morgan fingerprint density at radius 1 is 1.19 bits per heavy atom. The fraction of sp³-hybridized carbons (Fsp3) is 0.333. The molecule has 0 unspecified atom stereocenters. The first kappa shape index (κ1) is 22.1. The number of carbonyl (C=O) groups excluding carboxylic acids is 2. The number of rotatable bonds is 6. The van der Waals surface area contributed by atoms with Crippen LogP contribution in [0.1, 0.15) is 43.2 Å². The van der Waals surface area contributed by atoms with Crippen molar-refractivity contribution in [1.82, 2.24) is 10.2 Å². The zero-order valence-corrected chi connectivity index (χ0v) is 18.5. The molecule has 1 saturated carbocycles. The maximum Gasteiger partial charge on any atom is 0.329 e. The fourth-order valence-electron chi connectivity index (χ4n) is 4.11. The molecule has 168 valence electrons. The molecule has 2 aromatic carbocycles. The summed E-state index contributed by atoms with van der Waals surface area (Å²) in [6.07, 6.45) is 6.40. The van der Waals surface area contributed by atoms with Crippen molar-refractivity contribution in [1.29, 1.82) is 0 Å². The number of benzene rings is 2. The maximum absolute atomic E-state index is 13.9. The molecule has 4 rings (SSSR count). The Labute approximate surface area is 190 Å². The number of amides is 3. The third kappa shape index (κ3) is 4.58. The van der Waals surface area contributed by atoms with Crippen molar-refractivity contribution < 1.29 is 23.5 Å². The molecule has 1 N–H and O–H groups in total. The highest BCUT2D eigenvalue weighted by Crippen LogP contribution is 2.38. The van der Waals surface area contributed by atoms with Gasteiger partial charge in [-0.2, -0.15) is 0 Å². The lowest BCUT2D eigenvalue weighted by atomic mass is 9.94. The monoisotopic (exact) mass is 458 g/mol. The summed E-state index contributed by atoms with van der Waals surface area (Å²) in [6, 6.07) is 9.11. The highest BCUT2D eigenvalue weighted by molar-refractivity contribution is 6.32. The Morgan fingerprint density at radius 2 is 1.94 bits per heavy atom. The van der Waals surface area contributed by atoms with Crippen LogP contribution in [0.5, 0.6) is 11.5 Å². The van der Waals surface area contributed by atoms with Crippen molar-refractivity contribution in [3.63, 3.8) is 0 Å². The normalized spacial score (nSPS) is 18.2. The Balaban J connectivity index is 1.55. The quantitative estimate of drug-likeness (QED) is 0.471. The van der Waals surface area contributed by atoms with E-state index in [4.69, 9.17) is 21.1 Å². The van der Waals surface area contributed by atoms with Crippen molar-refractivity contribution >= 4 is 29.6 Å². The number of urea groups is 1. The van der Waals surface area contributed by atoms with Crippen LogP contribution in [0.25, 0.3) is 6.08 Å². The van der Waals surface area contributed by atoms with Gasteiger partial charge in [0, 0.05) is 11.6 Å². The van der Waals surface area contributed by atoms with Gasteiger partial charge in [0.1, 0.15) is 18.1 Å². The Morgan fingerprint density at radius 3 is 2.66 bits per heavy atom. The summed E-state index contributed by atoms with van der Waals surface area (Å²) in [5.41, 5.74) is 1.15. The molecule has 2 aromatic rings. The predicted octanol–water partition coefficient (Wildman–Crippen LogP) is 5.29.